The topological polar surface area (TPSA) is 18.5 Å². The smallest absolute Gasteiger partial charge is 0.0286 e. The second-order valence-corrected chi connectivity index (χ2v) is 7.32. The third-order valence-corrected chi connectivity index (χ3v) is 5.90. The van der Waals surface area contributed by atoms with Gasteiger partial charge in [0.05, 0.1) is 0 Å². The summed E-state index contributed by atoms with van der Waals surface area (Å²) in [5.41, 5.74) is 0. The summed E-state index contributed by atoms with van der Waals surface area (Å²) in [6.07, 6.45) is 4.29. The largest absolute Gasteiger partial charge is 0.311 e. The van der Waals surface area contributed by atoms with Crippen LogP contribution >= 0.6 is 11.8 Å². The van der Waals surface area contributed by atoms with Crippen molar-refractivity contribution >= 4 is 11.8 Å². The normalized spacial score (nSPS) is 39.5. The molecule has 3 atom stereocenters. The number of hydrogen-bond donors (Lipinski definition) is 1. The van der Waals surface area contributed by atoms with Gasteiger partial charge in [-0.3, -0.25) is 9.80 Å². The summed E-state index contributed by atoms with van der Waals surface area (Å²) in [5.74, 6) is 2.60. The lowest BCUT2D eigenvalue weighted by atomic mass is 9.97. The fraction of sp³-hybridized carbons (Fsp3) is 1.00. The second kappa shape index (κ2) is 6.12. The van der Waals surface area contributed by atoms with Crippen molar-refractivity contribution in [3.8, 4) is 0 Å². The molecule has 3 fully saturated rings. The van der Waals surface area contributed by atoms with Crippen LogP contribution in [0, 0.1) is 0 Å². The van der Waals surface area contributed by atoms with Crippen LogP contribution in [-0.2, 0) is 0 Å². The van der Waals surface area contributed by atoms with Crippen LogP contribution in [0.4, 0.5) is 0 Å². The van der Waals surface area contributed by atoms with Gasteiger partial charge in [-0.1, -0.05) is 6.42 Å². The molecule has 0 aromatic rings. The van der Waals surface area contributed by atoms with E-state index in [0.717, 1.165) is 18.1 Å². The van der Waals surface area contributed by atoms with Crippen LogP contribution in [0.2, 0.25) is 0 Å². The molecule has 0 saturated carbocycles. The minimum absolute atomic E-state index is 0.723. The Hall–Kier alpha value is 0.230. The fourth-order valence-electron chi connectivity index (χ4n) is 3.69. The van der Waals surface area contributed by atoms with Crippen molar-refractivity contribution in [2.45, 2.75) is 44.3 Å². The maximum Gasteiger partial charge on any atom is 0.0286 e. The summed E-state index contributed by atoms with van der Waals surface area (Å²) in [4.78, 5) is 5.49. The molecule has 3 heterocycles. The van der Waals surface area contributed by atoms with E-state index in [1.54, 1.807) is 0 Å². The van der Waals surface area contributed by atoms with E-state index in [1.165, 1.54) is 63.5 Å². The Kier molecular flexibility index (Phi) is 4.50. The van der Waals surface area contributed by atoms with Gasteiger partial charge in [0.15, 0.2) is 0 Å². The highest BCUT2D eigenvalue weighted by Crippen LogP contribution is 2.24. The zero-order valence-corrected chi connectivity index (χ0v) is 12.4. The van der Waals surface area contributed by atoms with Crippen molar-refractivity contribution in [1.82, 2.24) is 15.1 Å². The number of fused-ring (bicyclic) bond motifs is 1. The summed E-state index contributed by atoms with van der Waals surface area (Å²) in [6.45, 7) is 8.83. The summed E-state index contributed by atoms with van der Waals surface area (Å²) in [5, 5.41) is 3.68. The molecule has 3 aliphatic heterocycles. The molecule has 18 heavy (non-hydrogen) atoms. The van der Waals surface area contributed by atoms with Crippen LogP contribution in [0.25, 0.3) is 0 Å². The minimum atomic E-state index is 0.723. The van der Waals surface area contributed by atoms with E-state index in [9.17, 15) is 0 Å². The third kappa shape index (κ3) is 3.03. The van der Waals surface area contributed by atoms with Crippen molar-refractivity contribution < 1.29 is 0 Å². The van der Waals surface area contributed by atoms with Crippen LogP contribution in [0.1, 0.15) is 26.2 Å². The SMILES string of the molecule is CC1CN2CCCCC2CN1CC1CSCCN1. The maximum atomic E-state index is 3.68. The molecule has 3 unspecified atom stereocenters. The maximum absolute atomic E-state index is 3.68. The molecule has 1 N–H and O–H groups in total. The summed E-state index contributed by atoms with van der Waals surface area (Å²) in [6, 6.07) is 2.32. The van der Waals surface area contributed by atoms with E-state index in [4.69, 9.17) is 0 Å². The zero-order valence-electron chi connectivity index (χ0n) is 11.6. The van der Waals surface area contributed by atoms with Gasteiger partial charge in [0.25, 0.3) is 0 Å². The van der Waals surface area contributed by atoms with E-state index in [0.29, 0.717) is 0 Å². The first-order chi connectivity index (χ1) is 8.83. The number of thioether (sulfide) groups is 1. The second-order valence-electron chi connectivity index (χ2n) is 6.17. The van der Waals surface area contributed by atoms with Crippen molar-refractivity contribution in [1.29, 1.82) is 0 Å². The minimum Gasteiger partial charge on any atom is -0.311 e. The highest BCUT2D eigenvalue weighted by atomic mass is 32.2. The standard InChI is InChI=1S/C14H27N3S/c1-12-8-16-6-3-2-4-14(16)10-17(12)9-13-11-18-7-5-15-13/h12-15H,2-11H2,1H3. The molecule has 0 aromatic heterocycles. The zero-order chi connectivity index (χ0) is 12.4. The molecule has 3 rings (SSSR count). The molecule has 3 saturated heterocycles. The summed E-state index contributed by atoms with van der Waals surface area (Å²) < 4.78 is 0. The van der Waals surface area contributed by atoms with Gasteiger partial charge >= 0.3 is 0 Å². The van der Waals surface area contributed by atoms with Crippen molar-refractivity contribution in [3.05, 3.63) is 0 Å². The molecule has 0 radical (unpaired) electrons. The van der Waals surface area contributed by atoms with E-state index in [1.807, 2.05) is 0 Å². The summed E-state index contributed by atoms with van der Waals surface area (Å²) in [7, 11) is 0. The quantitative estimate of drug-likeness (QED) is 0.813. The molecule has 0 spiro atoms. The summed E-state index contributed by atoms with van der Waals surface area (Å²) >= 11 is 2.12. The van der Waals surface area contributed by atoms with Crippen molar-refractivity contribution in [2.75, 3.05) is 44.2 Å². The van der Waals surface area contributed by atoms with Crippen LogP contribution in [-0.4, -0.2) is 72.2 Å². The molecule has 0 amide bonds. The Bertz CT molecular complexity index is 266. The molecule has 0 aliphatic carbocycles. The van der Waals surface area contributed by atoms with E-state index in [-0.39, 0.29) is 0 Å². The first-order valence-electron chi connectivity index (χ1n) is 7.62. The van der Waals surface area contributed by atoms with Crippen molar-refractivity contribution in [3.63, 3.8) is 0 Å². The van der Waals surface area contributed by atoms with Gasteiger partial charge in [-0.15, -0.1) is 0 Å². The first kappa shape index (κ1) is 13.2. The molecule has 4 heteroatoms. The van der Waals surface area contributed by atoms with Crippen LogP contribution in [0.15, 0.2) is 0 Å². The number of nitrogens with zero attached hydrogens (tertiary/aromatic N) is 2. The number of rotatable bonds is 2. The molecule has 0 bridgehead atoms. The highest BCUT2D eigenvalue weighted by Gasteiger charge is 2.33. The lowest BCUT2D eigenvalue weighted by Gasteiger charge is -2.48. The molecule has 3 aliphatic rings. The average Bonchev–Trinajstić information content (AvgIpc) is 2.41. The Labute approximate surface area is 116 Å². The monoisotopic (exact) mass is 269 g/mol. The Balaban J connectivity index is 1.54. The Morgan fingerprint density at radius 1 is 1.28 bits per heavy atom. The van der Waals surface area contributed by atoms with Gasteiger partial charge in [0.1, 0.15) is 0 Å². The van der Waals surface area contributed by atoms with Gasteiger partial charge in [-0.05, 0) is 26.3 Å². The number of piperazine rings is 1. The van der Waals surface area contributed by atoms with Crippen LogP contribution < -0.4 is 5.32 Å². The number of hydrogen-bond acceptors (Lipinski definition) is 4. The molecule has 104 valence electrons. The van der Waals surface area contributed by atoms with E-state index >= 15 is 0 Å². The van der Waals surface area contributed by atoms with E-state index < -0.39 is 0 Å². The molecular formula is C14H27N3S. The predicted molar refractivity (Wildman–Crippen MR) is 79.4 cm³/mol. The predicted octanol–water partition coefficient (Wildman–Crippen LogP) is 1.25. The van der Waals surface area contributed by atoms with E-state index in [2.05, 4.69) is 33.8 Å². The number of piperidine rings is 1. The van der Waals surface area contributed by atoms with Crippen LogP contribution in [0.3, 0.4) is 0 Å². The third-order valence-electron chi connectivity index (χ3n) is 4.77. The fourth-order valence-corrected chi connectivity index (χ4v) is 4.62. The van der Waals surface area contributed by atoms with Gasteiger partial charge in [-0.2, -0.15) is 11.8 Å². The van der Waals surface area contributed by atoms with Gasteiger partial charge in [-0.25, -0.2) is 0 Å². The van der Waals surface area contributed by atoms with Crippen molar-refractivity contribution in [2.24, 2.45) is 0 Å². The lowest BCUT2D eigenvalue weighted by Crippen LogP contribution is -2.61. The van der Waals surface area contributed by atoms with Gasteiger partial charge < -0.3 is 5.32 Å². The van der Waals surface area contributed by atoms with Crippen LogP contribution in [0.5, 0.6) is 0 Å². The number of nitrogens with one attached hydrogen (secondary N) is 1. The molecule has 3 nitrogen and oxygen atoms in total. The highest BCUT2D eigenvalue weighted by molar-refractivity contribution is 7.99. The molecule has 0 aromatic carbocycles. The van der Waals surface area contributed by atoms with Gasteiger partial charge in [0.2, 0.25) is 0 Å². The van der Waals surface area contributed by atoms with Gasteiger partial charge in [0, 0.05) is 55.8 Å². The Morgan fingerprint density at radius 3 is 3.06 bits per heavy atom. The average molecular weight is 269 g/mol. The molecular weight excluding hydrogens is 242 g/mol. The first-order valence-corrected chi connectivity index (χ1v) is 8.77. The lowest BCUT2D eigenvalue weighted by molar-refractivity contribution is 0.0119. The Morgan fingerprint density at radius 2 is 2.22 bits per heavy atom.